The zero-order valence-corrected chi connectivity index (χ0v) is 17.6. The number of Topliss-reactive ketones (excluding diaryl/α,β-unsaturated/α-hetero) is 1. The number of carbonyl (C=O) groups is 1. The lowest BCUT2D eigenvalue weighted by Crippen LogP contribution is -2.16. The highest BCUT2D eigenvalue weighted by atomic mass is 32.2. The number of alkyl halides is 3. The summed E-state index contributed by atoms with van der Waals surface area (Å²) < 4.78 is 45.9. The first kappa shape index (κ1) is 21.8. The number of halogens is 3. The lowest BCUT2D eigenvalue weighted by Gasteiger charge is -2.13. The molecule has 4 aromatic rings. The largest absolute Gasteiger partial charge is 0.422 e. The number of ketones is 1. The van der Waals surface area contributed by atoms with Crippen LogP contribution in [-0.4, -0.2) is 16.5 Å². The normalized spacial score (nSPS) is 11.4. The molecule has 32 heavy (non-hydrogen) atoms. The molecule has 0 radical (unpaired) electrons. The van der Waals surface area contributed by atoms with Gasteiger partial charge in [-0.25, -0.2) is 9.78 Å². The molecule has 0 atom stereocenters. The van der Waals surface area contributed by atoms with Crippen LogP contribution in [0.25, 0.3) is 21.5 Å². The number of nitriles is 1. The lowest BCUT2D eigenvalue weighted by atomic mass is 10.1. The van der Waals surface area contributed by atoms with E-state index >= 15 is 0 Å². The summed E-state index contributed by atoms with van der Waals surface area (Å²) in [7, 11) is 0. The predicted molar refractivity (Wildman–Crippen MR) is 115 cm³/mol. The maximum atomic E-state index is 13.6. The molecule has 0 saturated carbocycles. The Morgan fingerprint density at radius 3 is 2.66 bits per heavy atom. The van der Waals surface area contributed by atoms with Crippen LogP contribution in [0, 0.1) is 11.3 Å². The van der Waals surface area contributed by atoms with Gasteiger partial charge in [-0.2, -0.15) is 18.4 Å². The fraction of sp³-hybridized carbons (Fsp3) is 0.0909. The van der Waals surface area contributed by atoms with E-state index in [0.29, 0.717) is 27.6 Å². The first-order valence-electron chi connectivity index (χ1n) is 9.03. The third-order valence-corrected chi connectivity index (χ3v) is 6.33. The first-order chi connectivity index (χ1) is 15.3. The van der Waals surface area contributed by atoms with Crippen LogP contribution in [0.15, 0.2) is 68.1 Å². The van der Waals surface area contributed by atoms with Gasteiger partial charge >= 0.3 is 11.8 Å². The molecule has 5 nitrogen and oxygen atoms in total. The molecule has 0 saturated heterocycles. The third-order valence-electron chi connectivity index (χ3n) is 4.46. The van der Waals surface area contributed by atoms with Crippen molar-refractivity contribution in [2.45, 2.75) is 11.2 Å². The van der Waals surface area contributed by atoms with Gasteiger partial charge in [0, 0.05) is 5.39 Å². The Hall–Kier alpha value is -3.42. The number of thioether (sulfide) groups is 1. The van der Waals surface area contributed by atoms with Crippen LogP contribution in [0.1, 0.15) is 21.5 Å². The summed E-state index contributed by atoms with van der Waals surface area (Å²) in [4.78, 5) is 29.5. The molecule has 0 fully saturated rings. The Bertz CT molecular complexity index is 1420. The van der Waals surface area contributed by atoms with Crippen LogP contribution in [0.2, 0.25) is 0 Å². The zero-order valence-electron chi connectivity index (χ0n) is 16.0. The molecule has 0 N–H and O–H groups in total. The minimum Gasteiger partial charge on any atom is -0.422 e. The molecule has 4 rings (SSSR count). The molecule has 0 amide bonds. The second kappa shape index (κ2) is 8.61. The summed E-state index contributed by atoms with van der Waals surface area (Å²) in [5, 5.41) is 11.4. The molecule has 1 aromatic carbocycles. The SMILES string of the molecule is N#Cc1c(C(F)(F)F)cc(-c2cccs2)nc1SCC(=O)c1cc2ccccc2oc1=O. The quantitative estimate of drug-likeness (QED) is 0.208. The van der Waals surface area contributed by atoms with Crippen LogP contribution in [0.4, 0.5) is 13.2 Å². The van der Waals surface area contributed by atoms with E-state index in [-0.39, 0.29) is 16.3 Å². The van der Waals surface area contributed by atoms with E-state index in [1.807, 2.05) is 0 Å². The number of rotatable bonds is 5. The number of pyridine rings is 1. The van der Waals surface area contributed by atoms with Crippen molar-refractivity contribution < 1.29 is 22.4 Å². The van der Waals surface area contributed by atoms with E-state index in [2.05, 4.69) is 4.98 Å². The highest BCUT2D eigenvalue weighted by Crippen LogP contribution is 2.38. The maximum Gasteiger partial charge on any atom is 0.417 e. The van der Waals surface area contributed by atoms with E-state index in [1.54, 1.807) is 47.8 Å². The highest BCUT2D eigenvalue weighted by Gasteiger charge is 2.36. The molecule has 3 aromatic heterocycles. The second-order valence-electron chi connectivity index (χ2n) is 6.52. The van der Waals surface area contributed by atoms with Gasteiger partial charge in [0.2, 0.25) is 0 Å². The molecular weight excluding hydrogens is 461 g/mol. The van der Waals surface area contributed by atoms with E-state index in [9.17, 15) is 28.0 Å². The Morgan fingerprint density at radius 2 is 1.97 bits per heavy atom. The average molecular weight is 472 g/mol. The fourth-order valence-corrected chi connectivity index (χ4v) is 4.55. The van der Waals surface area contributed by atoms with Crippen LogP contribution in [0.3, 0.4) is 0 Å². The van der Waals surface area contributed by atoms with Gasteiger partial charge in [-0.05, 0) is 29.6 Å². The summed E-state index contributed by atoms with van der Waals surface area (Å²) >= 11 is 1.87. The molecule has 0 aliphatic rings. The van der Waals surface area contributed by atoms with Gasteiger partial charge in [-0.3, -0.25) is 4.79 Å². The van der Waals surface area contributed by atoms with E-state index in [0.717, 1.165) is 6.07 Å². The van der Waals surface area contributed by atoms with Crippen molar-refractivity contribution in [1.82, 2.24) is 4.98 Å². The van der Waals surface area contributed by atoms with Gasteiger partial charge in [0.15, 0.2) is 5.78 Å². The van der Waals surface area contributed by atoms with Crippen molar-refractivity contribution in [3.05, 3.63) is 81.0 Å². The molecule has 0 spiro atoms. The molecule has 0 aliphatic heterocycles. The molecule has 0 bridgehead atoms. The number of hydrogen-bond acceptors (Lipinski definition) is 7. The average Bonchev–Trinajstić information content (AvgIpc) is 3.30. The predicted octanol–water partition coefficient (Wildman–Crippen LogP) is 5.78. The number of aromatic nitrogens is 1. The van der Waals surface area contributed by atoms with Gasteiger partial charge in [0.25, 0.3) is 0 Å². The second-order valence-corrected chi connectivity index (χ2v) is 8.43. The number of para-hydroxylation sites is 1. The monoisotopic (exact) mass is 472 g/mol. The Balaban J connectivity index is 1.70. The molecule has 10 heteroatoms. The van der Waals surface area contributed by atoms with Crippen molar-refractivity contribution in [1.29, 1.82) is 5.26 Å². The molecule has 0 aliphatic carbocycles. The van der Waals surface area contributed by atoms with Gasteiger partial charge in [0.05, 0.1) is 27.5 Å². The first-order valence-corrected chi connectivity index (χ1v) is 10.9. The van der Waals surface area contributed by atoms with Crippen molar-refractivity contribution in [3.63, 3.8) is 0 Å². The molecule has 0 unspecified atom stereocenters. The fourth-order valence-electron chi connectivity index (χ4n) is 2.98. The Morgan fingerprint density at radius 1 is 1.19 bits per heavy atom. The van der Waals surface area contributed by atoms with Crippen molar-refractivity contribution in [3.8, 4) is 16.6 Å². The topological polar surface area (TPSA) is 84.0 Å². The third kappa shape index (κ3) is 4.30. The van der Waals surface area contributed by atoms with Crippen LogP contribution >= 0.6 is 23.1 Å². The zero-order chi connectivity index (χ0) is 22.9. The summed E-state index contributed by atoms with van der Waals surface area (Å²) in [6.45, 7) is 0. The number of fused-ring (bicyclic) bond motifs is 1. The number of thiophene rings is 1. The van der Waals surface area contributed by atoms with Crippen molar-refractivity contribution in [2.75, 3.05) is 5.75 Å². The van der Waals surface area contributed by atoms with Crippen LogP contribution < -0.4 is 5.63 Å². The Labute approximate surface area is 187 Å². The maximum absolute atomic E-state index is 13.6. The highest BCUT2D eigenvalue weighted by molar-refractivity contribution is 8.00. The summed E-state index contributed by atoms with van der Waals surface area (Å²) in [5.41, 5.74) is -2.49. The van der Waals surface area contributed by atoms with Gasteiger partial charge < -0.3 is 4.42 Å². The summed E-state index contributed by atoms with van der Waals surface area (Å²) in [6.07, 6.45) is -4.78. The number of hydrogen-bond donors (Lipinski definition) is 0. The van der Waals surface area contributed by atoms with Crippen molar-refractivity contribution in [2.24, 2.45) is 0 Å². The van der Waals surface area contributed by atoms with Gasteiger partial charge in [0.1, 0.15) is 22.2 Å². The van der Waals surface area contributed by atoms with Crippen LogP contribution in [-0.2, 0) is 6.18 Å². The summed E-state index contributed by atoms with van der Waals surface area (Å²) in [5.74, 6) is -1.04. The molecular formula is C22H11F3N2O3S2. The van der Waals surface area contributed by atoms with E-state index in [4.69, 9.17) is 4.42 Å². The minimum absolute atomic E-state index is 0.0477. The smallest absolute Gasteiger partial charge is 0.417 e. The number of benzene rings is 1. The molecule has 160 valence electrons. The summed E-state index contributed by atoms with van der Waals surface area (Å²) in [6, 6.07) is 13.7. The Kier molecular flexibility index (Phi) is 5.86. The standard InChI is InChI=1S/C22H11F3N2O3S2/c23-22(24,25)15-9-16(19-6-3-7-31-19)27-20(14(15)10-26)32-11-17(28)13-8-12-4-1-2-5-18(12)30-21(13)29/h1-9H,11H2. The van der Waals surface area contributed by atoms with Gasteiger partial charge in [-0.1, -0.05) is 36.0 Å². The van der Waals surface area contributed by atoms with Crippen LogP contribution in [0.5, 0.6) is 0 Å². The van der Waals surface area contributed by atoms with Crippen molar-refractivity contribution >= 4 is 39.9 Å². The van der Waals surface area contributed by atoms with Gasteiger partial charge in [-0.15, -0.1) is 11.3 Å². The van der Waals surface area contributed by atoms with E-state index in [1.165, 1.54) is 17.4 Å². The molecule has 3 heterocycles. The minimum atomic E-state index is -4.78. The number of nitrogens with zero attached hydrogens (tertiary/aromatic N) is 2. The van der Waals surface area contributed by atoms with E-state index < -0.39 is 34.5 Å². The lowest BCUT2D eigenvalue weighted by molar-refractivity contribution is -0.138. The number of carbonyl (C=O) groups excluding carboxylic acids is 1.